The molecular weight excluding hydrogens is 246 g/mol. The van der Waals surface area contributed by atoms with Crippen molar-refractivity contribution in [1.82, 2.24) is 5.32 Å². The van der Waals surface area contributed by atoms with E-state index in [-0.39, 0.29) is 11.7 Å². The Bertz CT molecular complexity index is 414. The van der Waals surface area contributed by atoms with E-state index in [1.165, 1.54) is 12.1 Å². The van der Waals surface area contributed by atoms with Gasteiger partial charge >= 0.3 is 5.97 Å². The molecule has 3 N–H and O–H groups in total. The summed E-state index contributed by atoms with van der Waals surface area (Å²) >= 11 is 0. The van der Waals surface area contributed by atoms with Gasteiger partial charge in [0.25, 0.3) is 0 Å². The average molecular weight is 265 g/mol. The molecule has 1 aliphatic carbocycles. The first-order valence-corrected chi connectivity index (χ1v) is 6.52. The van der Waals surface area contributed by atoms with E-state index in [2.05, 4.69) is 5.32 Å². The van der Waals surface area contributed by atoms with Gasteiger partial charge < -0.3 is 20.3 Å². The molecule has 0 aromatic heterocycles. The van der Waals surface area contributed by atoms with Crippen molar-refractivity contribution >= 4 is 5.97 Å². The highest BCUT2D eigenvalue weighted by Crippen LogP contribution is 2.32. The van der Waals surface area contributed by atoms with Gasteiger partial charge in [0.2, 0.25) is 0 Å². The largest absolute Gasteiger partial charge is 0.492 e. The van der Waals surface area contributed by atoms with Crippen molar-refractivity contribution in [2.45, 2.75) is 18.9 Å². The molecule has 1 fully saturated rings. The molecule has 104 valence electrons. The van der Waals surface area contributed by atoms with E-state index in [1.807, 2.05) is 0 Å². The second-order valence-corrected chi connectivity index (χ2v) is 4.79. The van der Waals surface area contributed by atoms with Crippen LogP contribution in [0.3, 0.4) is 0 Å². The SMILES string of the molecule is O=C(O)c1ccc(OCCNCC(O)C2CC2)cc1. The van der Waals surface area contributed by atoms with E-state index < -0.39 is 5.97 Å². The Hall–Kier alpha value is -1.59. The summed E-state index contributed by atoms with van der Waals surface area (Å²) in [6.07, 6.45) is 2.03. The minimum atomic E-state index is -0.942. The van der Waals surface area contributed by atoms with Gasteiger partial charge in [0.05, 0.1) is 11.7 Å². The van der Waals surface area contributed by atoms with Crippen LogP contribution in [0.25, 0.3) is 0 Å². The fourth-order valence-corrected chi connectivity index (χ4v) is 1.83. The number of nitrogens with one attached hydrogen (secondary N) is 1. The predicted molar refractivity (Wildman–Crippen MR) is 70.5 cm³/mol. The van der Waals surface area contributed by atoms with E-state index in [0.29, 0.717) is 31.4 Å². The third-order valence-corrected chi connectivity index (χ3v) is 3.17. The summed E-state index contributed by atoms with van der Waals surface area (Å²) in [7, 11) is 0. The van der Waals surface area contributed by atoms with E-state index >= 15 is 0 Å². The number of rotatable bonds is 8. The maximum Gasteiger partial charge on any atom is 0.335 e. The Morgan fingerprint density at radius 3 is 2.63 bits per heavy atom. The summed E-state index contributed by atoms with van der Waals surface area (Å²) in [5.41, 5.74) is 0.248. The lowest BCUT2D eigenvalue weighted by Gasteiger charge is -2.11. The molecule has 1 aromatic rings. The number of carbonyl (C=O) groups is 1. The van der Waals surface area contributed by atoms with Crippen molar-refractivity contribution in [3.63, 3.8) is 0 Å². The Kier molecular flexibility index (Phi) is 4.76. The monoisotopic (exact) mass is 265 g/mol. The topological polar surface area (TPSA) is 78.8 Å². The highest BCUT2D eigenvalue weighted by molar-refractivity contribution is 5.87. The molecule has 0 spiro atoms. The van der Waals surface area contributed by atoms with Crippen molar-refractivity contribution in [1.29, 1.82) is 0 Å². The first-order valence-electron chi connectivity index (χ1n) is 6.52. The van der Waals surface area contributed by atoms with Crippen LogP contribution >= 0.6 is 0 Å². The van der Waals surface area contributed by atoms with Crippen LogP contribution in [0.2, 0.25) is 0 Å². The molecule has 0 saturated heterocycles. The summed E-state index contributed by atoms with van der Waals surface area (Å²) < 4.78 is 5.46. The molecule has 1 aliphatic rings. The second-order valence-electron chi connectivity index (χ2n) is 4.79. The van der Waals surface area contributed by atoms with Gasteiger partial charge in [-0.1, -0.05) is 0 Å². The number of ether oxygens (including phenoxy) is 1. The maximum atomic E-state index is 10.7. The van der Waals surface area contributed by atoms with Crippen LogP contribution in [0.4, 0.5) is 0 Å². The van der Waals surface area contributed by atoms with E-state index in [0.717, 1.165) is 12.8 Å². The van der Waals surface area contributed by atoms with Crippen molar-refractivity contribution in [2.24, 2.45) is 5.92 Å². The molecule has 0 aliphatic heterocycles. The molecule has 1 unspecified atom stereocenters. The Balaban J connectivity index is 1.60. The lowest BCUT2D eigenvalue weighted by Crippen LogP contribution is -2.31. The molecule has 0 amide bonds. The van der Waals surface area contributed by atoms with Gasteiger partial charge in [-0.15, -0.1) is 0 Å². The molecular formula is C14H19NO4. The molecule has 0 radical (unpaired) electrons. The third kappa shape index (κ3) is 4.54. The minimum absolute atomic E-state index is 0.241. The highest BCUT2D eigenvalue weighted by atomic mass is 16.5. The normalized spacial score (nSPS) is 16.1. The van der Waals surface area contributed by atoms with Gasteiger partial charge in [-0.05, 0) is 43.0 Å². The lowest BCUT2D eigenvalue weighted by atomic mass is 10.2. The van der Waals surface area contributed by atoms with Crippen LogP contribution < -0.4 is 10.1 Å². The predicted octanol–water partition coefficient (Wildman–Crippen LogP) is 1.12. The summed E-state index contributed by atoms with van der Waals surface area (Å²) in [4.78, 5) is 10.7. The molecule has 5 heteroatoms. The molecule has 2 rings (SSSR count). The van der Waals surface area contributed by atoms with Crippen LogP contribution in [-0.2, 0) is 0 Å². The minimum Gasteiger partial charge on any atom is -0.492 e. The third-order valence-electron chi connectivity index (χ3n) is 3.17. The molecule has 1 saturated carbocycles. The number of carboxylic acid groups (broad SMARTS) is 1. The summed E-state index contributed by atoms with van der Waals surface area (Å²) in [6, 6.07) is 6.31. The number of aliphatic hydroxyl groups is 1. The second kappa shape index (κ2) is 6.54. The van der Waals surface area contributed by atoms with Crippen molar-refractivity contribution in [2.75, 3.05) is 19.7 Å². The smallest absolute Gasteiger partial charge is 0.335 e. The fourth-order valence-electron chi connectivity index (χ4n) is 1.83. The molecule has 1 aromatic carbocycles. The first kappa shape index (κ1) is 13.8. The molecule has 5 nitrogen and oxygen atoms in total. The van der Waals surface area contributed by atoms with Crippen LogP contribution in [0.15, 0.2) is 24.3 Å². The Labute approximate surface area is 112 Å². The van der Waals surface area contributed by atoms with E-state index in [9.17, 15) is 9.90 Å². The molecule has 0 bridgehead atoms. The van der Waals surface area contributed by atoms with Crippen LogP contribution in [0, 0.1) is 5.92 Å². The first-order chi connectivity index (χ1) is 9.16. The maximum absolute atomic E-state index is 10.7. The van der Waals surface area contributed by atoms with Crippen LogP contribution in [0.1, 0.15) is 23.2 Å². The van der Waals surface area contributed by atoms with Crippen LogP contribution in [-0.4, -0.2) is 42.0 Å². The van der Waals surface area contributed by atoms with Gasteiger partial charge in [0.15, 0.2) is 0 Å². The number of aliphatic hydroxyl groups excluding tert-OH is 1. The van der Waals surface area contributed by atoms with Gasteiger partial charge in [-0.25, -0.2) is 4.79 Å². The fraction of sp³-hybridized carbons (Fsp3) is 0.500. The van der Waals surface area contributed by atoms with Crippen molar-refractivity contribution in [3.8, 4) is 5.75 Å². The Morgan fingerprint density at radius 1 is 1.37 bits per heavy atom. The van der Waals surface area contributed by atoms with Crippen molar-refractivity contribution in [3.05, 3.63) is 29.8 Å². The number of benzene rings is 1. The standard InChI is InChI=1S/C14H19NO4/c16-13(10-1-2-10)9-15-7-8-19-12-5-3-11(4-6-12)14(17)18/h3-6,10,13,15-16H,1-2,7-9H2,(H,17,18). The quantitative estimate of drug-likeness (QED) is 0.614. The van der Waals surface area contributed by atoms with Gasteiger partial charge in [0.1, 0.15) is 12.4 Å². The van der Waals surface area contributed by atoms with E-state index in [4.69, 9.17) is 9.84 Å². The Morgan fingerprint density at radius 2 is 2.05 bits per heavy atom. The highest BCUT2D eigenvalue weighted by Gasteiger charge is 2.28. The average Bonchev–Trinajstić information content (AvgIpc) is 3.23. The number of hydrogen-bond donors (Lipinski definition) is 3. The van der Waals surface area contributed by atoms with Gasteiger partial charge in [-0.3, -0.25) is 0 Å². The zero-order valence-corrected chi connectivity index (χ0v) is 10.7. The summed E-state index contributed by atoms with van der Waals surface area (Å²) in [5.74, 6) is 0.189. The molecule has 0 heterocycles. The van der Waals surface area contributed by atoms with E-state index in [1.54, 1.807) is 12.1 Å². The number of aromatic carboxylic acids is 1. The number of hydrogen-bond acceptors (Lipinski definition) is 4. The molecule has 1 atom stereocenters. The van der Waals surface area contributed by atoms with Gasteiger partial charge in [0, 0.05) is 13.1 Å². The number of carboxylic acids is 1. The lowest BCUT2D eigenvalue weighted by molar-refractivity contribution is 0.0697. The summed E-state index contributed by atoms with van der Waals surface area (Å²) in [6.45, 7) is 1.75. The van der Waals surface area contributed by atoms with Gasteiger partial charge in [-0.2, -0.15) is 0 Å². The summed E-state index contributed by atoms with van der Waals surface area (Å²) in [5, 5.41) is 21.5. The van der Waals surface area contributed by atoms with Crippen LogP contribution in [0.5, 0.6) is 5.75 Å². The van der Waals surface area contributed by atoms with Crippen molar-refractivity contribution < 1.29 is 19.7 Å². The zero-order valence-electron chi connectivity index (χ0n) is 10.7. The molecule has 19 heavy (non-hydrogen) atoms. The zero-order chi connectivity index (χ0) is 13.7.